The maximum Gasteiger partial charge on any atom is 0.416 e. The number of hydrogen-bond acceptors (Lipinski definition) is 3. The Morgan fingerprint density at radius 3 is 2.67 bits per heavy atom. The predicted molar refractivity (Wildman–Crippen MR) is 73.0 cm³/mol. The van der Waals surface area contributed by atoms with Crippen molar-refractivity contribution in [1.29, 1.82) is 0 Å². The van der Waals surface area contributed by atoms with Gasteiger partial charge in [0.1, 0.15) is 0 Å². The molecule has 2 amide bonds. The van der Waals surface area contributed by atoms with E-state index in [4.69, 9.17) is 6.42 Å². The van der Waals surface area contributed by atoms with Gasteiger partial charge in [0, 0.05) is 0 Å². The van der Waals surface area contributed by atoms with Crippen molar-refractivity contribution < 1.29 is 22.8 Å². The molecule has 0 unspecified atom stereocenters. The normalized spacial score (nSPS) is 17.4. The first-order valence-electron chi connectivity index (χ1n) is 5.69. The second-order valence-corrected chi connectivity index (χ2v) is 5.09. The zero-order valence-corrected chi connectivity index (χ0v) is 11.3. The first kappa shape index (κ1) is 15.2. The summed E-state index contributed by atoms with van der Waals surface area (Å²) < 4.78 is 37.8. The number of thioether (sulfide) groups is 1. The lowest BCUT2D eigenvalue weighted by atomic mass is 10.1. The molecule has 21 heavy (non-hydrogen) atoms. The molecule has 1 heterocycles. The lowest BCUT2D eigenvalue weighted by Crippen LogP contribution is -2.28. The molecule has 3 nitrogen and oxygen atoms in total. The van der Waals surface area contributed by atoms with E-state index in [-0.39, 0.29) is 17.0 Å². The van der Waals surface area contributed by atoms with Crippen LogP contribution in [-0.2, 0) is 11.0 Å². The van der Waals surface area contributed by atoms with Gasteiger partial charge in [0.05, 0.1) is 17.0 Å². The number of hydrogen-bond donors (Lipinski definition) is 0. The molecule has 0 aliphatic carbocycles. The monoisotopic (exact) mass is 311 g/mol. The van der Waals surface area contributed by atoms with Gasteiger partial charge in [0.2, 0.25) is 0 Å². The summed E-state index contributed by atoms with van der Waals surface area (Å²) in [5.41, 5.74) is -0.630. The molecule has 108 valence electrons. The van der Waals surface area contributed by atoms with Gasteiger partial charge in [0.15, 0.2) is 0 Å². The minimum atomic E-state index is -4.47. The number of carbonyl (C=O) groups is 2. The summed E-state index contributed by atoms with van der Waals surface area (Å²) >= 11 is 0.652. The molecule has 1 saturated heterocycles. The van der Waals surface area contributed by atoms with Crippen molar-refractivity contribution in [3.8, 4) is 12.3 Å². The molecule has 1 fully saturated rings. The van der Waals surface area contributed by atoms with E-state index >= 15 is 0 Å². The van der Waals surface area contributed by atoms with Crippen LogP contribution in [0.4, 0.5) is 18.0 Å². The Labute approximate surface area is 122 Å². The maximum atomic E-state index is 12.6. The van der Waals surface area contributed by atoms with Crippen LogP contribution in [-0.4, -0.2) is 22.6 Å². The molecular weight excluding hydrogens is 303 g/mol. The number of rotatable bonds is 2. The van der Waals surface area contributed by atoms with Crippen LogP contribution < -0.4 is 0 Å². The number of amides is 2. The average molecular weight is 311 g/mol. The second kappa shape index (κ2) is 5.66. The fourth-order valence-corrected chi connectivity index (χ4v) is 2.52. The van der Waals surface area contributed by atoms with Crippen molar-refractivity contribution in [2.45, 2.75) is 6.18 Å². The second-order valence-electron chi connectivity index (χ2n) is 4.10. The standard InChI is InChI=1S/C14H8F3NO2S/c1-2-6-18-12(19)11(21-13(18)20)8-9-4-3-5-10(7-9)14(15,16)17/h1,3-5,7-8H,6H2/b11-8+. The molecule has 7 heteroatoms. The maximum absolute atomic E-state index is 12.6. The highest BCUT2D eigenvalue weighted by molar-refractivity contribution is 8.18. The van der Waals surface area contributed by atoms with Crippen molar-refractivity contribution in [2.24, 2.45) is 0 Å². The van der Waals surface area contributed by atoms with Gasteiger partial charge in [-0.1, -0.05) is 18.1 Å². The third-order valence-electron chi connectivity index (χ3n) is 2.63. The third-order valence-corrected chi connectivity index (χ3v) is 3.54. The molecule has 0 aromatic heterocycles. The van der Waals surface area contributed by atoms with E-state index in [1.54, 1.807) is 0 Å². The van der Waals surface area contributed by atoms with Gasteiger partial charge in [-0.05, 0) is 35.5 Å². The third kappa shape index (κ3) is 3.28. The Balaban J connectivity index is 2.31. The number of terminal acetylenes is 1. The van der Waals surface area contributed by atoms with Crippen LogP contribution in [0, 0.1) is 12.3 Å². The Morgan fingerprint density at radius 1 is 1.33 bits per heavy atom. The summed E-state index contributed by atoms with van der Waals surface area (Å²) in [5, 5.41) is -0.531. The molecule has 2 rings (SSSR count). The number of nitrogens with zero attached hydrogens (tertiary/aromatic N) is 1. The van der Waals surface area contributed by atoms with Gasteiger partial charge >= 0.3 is 6.18 Å². The quantitative estimate of drug-likeness (QED) is 0.621. The number of alkyl halides is 3. The van der Waals surface area contributed by atoms with Crippen LogP contribution >= 0.6 is 11.8 Å². The molecule has 0 spiro atoms. The zero-order valence-electron chi connectivity index (χ0n) is 10.5. The highest BCUT2D eigenvalue weighted by Gasteiger charge is 2.34. The fraction of sp³-hybridized carbons (Fsp3) is 0.143. The van der Waals surface area contributed by atoms with Crippen LogP contribution in [0.2, 0.25) is 0 Å². The van der Waals surface area contributed by atoms with Gasteiger partial charge in [-0.2, -0.15) is 13.2 Å². The van der Waals surface area contributed by atoms with E-state index in [2.05, 4.69) is 5.92 Å². The molecular formula is C14H8F3NO2S. The van der Waals surface area contributed by atoms with Crippen LogP contribution in [0.5, 0.6) is 0 Å². The lowest BCUT2D eigenvalue weighted by molar-refractivity contribution is -0.137. The lowest BCUT2D eigenvalue weighted by Gasteiger charge is -2.07. The van der Waals surface area contributed by atoms with E-state index in [0.29, 0.717) is 11.8 Å². The van der Waals surface area contributed by atoms with Gasteiger partial charge in [0.25, 0.3) is 11.1 Å². The highest BCUT2D eigenvalue weighted by atomic mass is 32.2. The minimum absolute atomic E-state index is 0.0505. The van der Waals surface area contributed by atoms with Crippen LogP contribution in [0.1, 0.15) is 11.1 Å². The molecule has 1 aliphatic heterocycles. The van der Waals surface area contributed by atoms with Gasteiger partial charge in [-0.15, -0.1) is 6.42 Å². The summed E-state index contributed by atoms with van der Waals surface area (Å²) in [6.45, 7) is -0.162. The molecule has 1 aromatic rings. The Bertz CT molecular complexity index is 674. The summed E-state index contributed by atoms with van der Waals surface area (Å²) in [5.74, 6) is 1.58. The van der Waals surface area contributed by atoms with Crippen molar-refractivity contribution in [1.82, 2.24) is 4.90 Å². The van der Waals surface area contributed by atoms with Crippen molar-refractivity contribution >= 4 is 29.0 Å². The first-order valence-corrected chi connectivity index (χ1v) is 6.50. The van der Waals surface area contributed by atoms with Gasteiger partial charge < -0.3 is 0 Å². The van der Waals surface area contributed by atoms with Crippen LogP contribution in [0.15, 0.2) is 29.2 Å². The van der Waals surface area contributed by atoms with Crippen LogP contribution in [0.25, 0.3) is 6.08 Å². The average Bonchev–Trinajstić information content (AvgIpc) is 2.66. The molecule has 0 atom stereocenters. The van der Waals surface area contributed by atoms with E-state index in [0.717, 1.165) is 17.0 Å². The Kier molecular flexibility index (Phi) is 4.09. The minimum Gasteiger partial charge on any atom is -0.268 e. The number of carbonyl (C=O) groups excluding carboxylic acids is 2. The molecule has 1 aromatic carbocycles. The van der Waals surface area contributed by atoms with Crippen LogP contribution in [0.3, 0.4) is 0 Å². The SMILES string of the molecule is C#CCN1C(=O)S/C(=C/c2cccc(C(F)(F)F)c2)C1=O. The van der Waals surface area contributed by atoms with Gasteiger partial charge in [-0.25, -0.2) is 0 Å². The van der Waals surface area contributed by atoms with E-state index < -0.39 is 22.9 Å². The fourth-order valence-electron chi connectivity index (χ4n) is 1.68. The predicted octanol–water partition coefficient (Wildman–Crippen LogP) is 3.37. The molecule has 1 aliphatic rings. The van der Waals surface area contributed by atoms with Crippen molar-refractivity contribution in [3.05, 3.63) is 40.3 Å². The van der Waals surface area contributed by atoms with E-state index in [1.165, 1.54) is 18.2 Å². The highest BCUT2D eigenvalue weighted by Crippen LogP contribution is 2.33. The smallest absolute Gasteiger partial charge is 0.268 e. The summed E-state index contributed by atoms with van der Waals surface area (Å²) in [6.07, 6.45) is 1.83. The largest absolute Gasteiger partial charge is 0.416 e. The summed E-state index contributed by atoms with van der Waals surface area (Å²) in [6, 6.07) is 4.50. The van der Waals surface area contributed by atoms with Crippen molar-refractivity contribution in [3.63, 3.8) is 0 Å². The van der Waals surface area contributed by atoms with Gasteiger partial charge in [-0.3, -0.25) is 14.5 Å². The summed E-state index contributed by atoms with van der Waals surface area (Å²) in [7, 11) is 0. The van der Waals surface area contributed by atoms with Crippen molar-refractivity contribution in [2.75, 3.05) is 6.54 Å². The Hall–Kier alpha value is -2.20. The molecule has 0 N–H and O–H groups in total. The van der Waals surface area contributed by atoms with E-state index in [1.807, 2.05) is 0 Å². The number of halogens is 3. The number of imide groups is 1. The zero-order chi connectivity index (χ0) is 15.6. The first-order chi connectivity index (χ1) is 9.82. The molecule has 0 saturated carbocycles. The molecule has 0 bridgehead atoms. The molecule has 0 radical (unpaired) electrons. The van der Waals surface area contributed by atoms with E-state index in [9.17, 15) is 22.8 Å². The topological polar surface area (TPSA) is 37.4 Å². The number of benzene rings is 1. The Morgan fingerprint density at radius 2 is 2.05 bits per heavy atom. The summed E-state index contributed by atoms with van der Waals surface area (Å²) in [4.78, 5) is 24.4.